The summed E-state index contributed by atoms with van der Waals surface area (Å²) in [5.41, 5.74) is 1.03. The van der Waals surface area contributed by atoms with Gasteiger partial charge in [-0.1, -0.05) is 17.7 Å². The number of thiophene rings is 1. The monoisotopic (exact) mass is 419 g/mol. The smallest absolute Gasteiger partial charge is 0.228 e. The molecule has 28 heavy (non-hydrogen) atoms. The van der Waals surface area contributed by atoms with E-state index in [0.29, 0.717) is 41.0 Å². The molecule has 0 bridgehead atoms. The molecule has 1 fully saturated rings. The number of amides is 2. The first-order valence-electron chi connectivity index (χ1n) is 9.22. The maximum Gasteiger partial charge on any atom is 0.228 e. The number of aryl methyl sites for hydroxylation is 1. The Morgan fingerprint density at radius 1 is 1.18 bits per heavy atom. The van der Waals surface area contributed by atoms with Gasteiger partial charge in [0.05, 0.1) is 9.21 Å². The summed E-state index contributed by atoms with van der Waals surface area (Å²) in [6.07, 6.45) is 3.28. The Balaban J connectivity index is 1.42. The molecule has 1 saturated heterocycles. The number of hydrogen-bond donors (Lipinski definition) is 1. The van der Waals surface area contributed by atoms with Crippen molar-refractivity contribution >= 4 is 46.4 Å². The number of pyridine rings is 1. The summed E-state index contributed by atoms with van der Waals surface area (Å²) in [7, 11) is 0. The Bertz CT molecular complexity index is 858. The molecule has 3 rings (SSSR count). The second-order valence-corrected chi connectivity index (χ2v) is 8.61. The highest BCUT2D eigenvalue weighted by atomic mass is 35.5. The first-order valence-corrected chi connectivity index (χ1v) is 10.4. The Morgan fingerprint density at radius 2 is 1.93 bits per heavy atom. The molecule has 2 amide bonds. The Morgan fingerprint density at radius 3 is 2.54 bits per heavy atom. The van der Waals surface area contributed by atoms with Crippen molar-refractivity contribution in [3.63, 3.8) is 0 Å². The van der Waals surface area contributed by atoms with E-state index in [0.717, 1.165) is 5.56 Å². The number of carbonyl (C=O) groups is 3. The minimum Gasteiger partial charge on any atom is -0.343 e. The van der Waals surface area contributed by atoms with Crippen LogP contribution in [0.2, 0.25) is 4.34 Å². The molecule has 0 atom stereocenters. The number of anilines is 1. The molecule has 3 heterocycles. The zero-order valence-corrected chi connectivity index (χ0v) is 17.2. The summed E-state index contributed by atoms with van der Waals surface area (Å²) in [6.45, 7) is 2.99. The number of rotatable bonds is 6. The van der Waals surface area contributed by atoms with Gasteiger partial charge in [0.25, 0.3) is 0 Å². The van der Waals surface area contributed by atoms with Gasteiger partial charge in [-0.15, -0.1) is 11.3 Å². The van der Waals surface area contributed by atoms with E-state index in [9.17, 15) is 14.4 Å². The predicted octanol–water partition coefficient (Wildman–Crippen LogP) is 3.95. The fourth-order valence-electron chi connectivity index (χ4n) is 3.13. The Kier molecular flexibility index (Phi) is 6.80. The van der Waals surface area contributed by atoms with Crippen molar-refractivity contribution in [1.29, 1.82) is 0 Å². The third-order valence-electron chi connectivity index (χ3n) is 4.80. The number of nitrogens with one attached hydrogen (secondary N) is 1. The summed E-state index contributed by atoms with van der Waals surface area (Å²) in [6, 6.07) is 7.05. The van der Waals surface area contributed by atoms with Crippen LogP contribution in [0.3, 0.4) is 0 Å². The summed E-state index contributed by atoms with van der Waals surface area (Å²) in [5, 5.41) is 2.84. The molecule has 0 spiro atoms. The molecular weight excluding hydrogens is 398 g/mol. The third-order valence-corrected chi connectivity index (χ3v) is 6.07. The van der Waals surface area contributed by atoms with Crippen LogP contribution < -0.4 is 5.32 Å². The summed E-state index contributed by atoms with van der Waals surface area (Å²) in [5.74, 6) is 0.233. The zero-order valence-electron chi connectivity index (χ0n) is 15.6. The number of hydrogen-bond acceptors (Lipinski definition) is 5. The molecule has 1 aliphatic heterocycles. The number of Topliss-reactive ketones (excluding diaryl/α,β-unsaturated/α-hetero) is 1. The molecule has 2 aromatic rings. The van der Waals surface area contributed by atoms with Crippen LogP contribution in [0.5, 0.6) is 0 Å². The first kappa shape index (κ1) is 20.5. The lowest BCUT2D eigenvalue weighted by Gasteiger charge is -2.31. The molecule has 1 N–H and O–H groups in total. The van der Waals surface area contributed by atoms with Crippen LogP contribution in [0.4, 0.5) is 5.82 Å². The van der Waals surface area contributed by atoms with Crippen LogP contribution in [0.25, 0.3) is 0 Å². The van der Waals surface area contributed by atoms with Gasteiger partial charge in [0.2, 0.25) is 11.8 Å². The standard InChI is InChI=1S/C20H22ClN3O3S/c1-13-2-6-18(22-12-13)23-20(27)14-8-10-24(11-9-14)19(26)7-3-15(25)16-4-5-17(21)28-16/h2,4-6,12,14H,3,7-11H2,1H3,(H,22,23,27). The van der Waals surface area contributed by atoms with Gasteiger partial charge in [-0.25, -0.2) is 4.98 Å². The lowest BCUT2D eigenvalue weighted by molar-refractivity contribution is -0.134. The highest BCUT2D eigenvalue weighted by Crippen LogP contribution is 2.24. The van der Waals surface area contributed by atoms with Gasteiger partial charge >= 0.3 is 0 Å². The maximum absolute atomic E-state index is 12.4. The number of halogens is 1. The van der Waals surface area contributed by atoms with Crippen molar-refractivity contribution < 1.29 is 14.4 Å². The van der Waals surface area contributed by atoms with E-state index in [-0.39, 0.29) is 36.4 Å². The van der Waals surface area contributed by atoms with Gasteiger partial charge in [-0.05, 0) is 43.5 Å². The van der Waals surface area contributed by atoms with Crippen molar-refractivity contribution in [3.8, 4) is 0 Å². The van der Waals surface area contributed by atoms with Crippen LogP contribution >= 0.6 is 22.9 Å². The lowest BCUT2D eigenvalue weighted by atomic mass is 9.95. The number of aromatic nitrogens is 1. The molecule has 0 saturated carbocycles. The van der Waals surface area contributed by atoms with E-state index in [2.05, 4.69) is 10.3 Å². The van der Waals surface area contributed by atoms with E-state index in [1.54, 1.807) is 29.3 Å². The van der Waals surface area contributed by atoms with E-state index in [1.165, 1.54) is 11.3 Å². The number of nitrogens with zero attached hydrogens (tertiary/aromatic N) is 2. The second kappa shape index (κ2) is 9.30. The van der Waals surface area contributed by atoms with Crippen molar-refractivity contribution in [1.82, 2.24) is 9.88 Å². The molecule has 148 valence electrons. The third kappa shape index (κ3) is 5.39. The molecule has 8 heteroatoms. The average Bonchev–Trinajstić information content (AvgIpc) is 3.14. The topological polar surface area (TPSA) is 79.4 Å². The maximum atomic E-state index is 12.4. The predicted molar refractivity (Wildman–Crippen MR) is 110 cm³/mol. The number of piperidine rings is 1. The molecule has 0 aromatic carbocycles. The quantitative estimate of drug-likeness (QED) is 0.719. The van der Waals surface area contributed by atoms with Gasteiger partial charge in [-0.2, -0.15) is 0 Å². The first-order chi connectivity index (χ1) is 13.4. The highest BCUT2D eigenvalue weighted by Gasteiger charge is 2.27. The van der Waals surface area contributed by atoms with E-state index in [1.807, 2.05) is 13.0 Å². The number of ketones is 1. The lowest BCUT2D eigenvalue weighted by Crippen LogP contribution is -2.41. The minimum absolute atomic E-state index is 0.0462. The van der Waals surface area contributed by atoms with Crippen molar-refractivity contribution in [2.75, 3.05) is 18.4 Å². The minimum atomic E-state index is -0.137. The molecule has 0 radical (unpaired) electrons. The summed E-state index contributed by atoms with van der Waals surface area (Å²) in [4.78, 5) is 43.4. The largest absolute Gasteiger partial charge is 0.343 e. The molecule has 1 aliphatic rings. The highest BCUT2D eigenvalue weighted by molar-refractivity contribution is 7.18. The molecular formula is C20H22ClN3O3S. The van der Waals surface area contributed by atoms with Crippen LogP contribution in [-0.2, 0) is 9.59 Å². The Labute approximate surface area is 172 Å². The molecule has 6 nitrogen and oxygen atoms in total. The van der Waals surface area contributed by atoms with Gasteiger partial charge in [0.1, 0.15) is 5.82 Å². The van der Waals surface area contributed by atoms with Crippen LogP contribution in [-0.4, -0.2) is 40.6 Å². The molecule has 0 unspecified atom stereocenters. The van der Waals surface area contributed by atoms with Crippen LogP contribution in [0, 0.1) is 12.8 Å². The van der Waals surface area contributed by atoms with Gasteiger partial charge in [0.15, 0.2) is 5.78 Å². The van der Waals surface area contributed by atoms with Crippen molar-refractivity contribution in [3.05, 3.63) is 45.2 Å². The summed E-state index contributed by atoms with van der Waals surface area (Å²) >= 11 is 7.07. The second-order valence-electron chi connectivity index (χ2n) is 6.89. The van der Waals surface area contributed by atoms with Gasteiger partial charge in [-0.3, -0.25) is 14.4 Å². The van der Waals surface area contributed by atoms with E-state index >= 15 is 0 Å². The SMILES string of the molecule is Cc1ccc(NC(=O)C2CCN(C(=O)CCC(=O)c3ccc(Cl)s3)CC2)nc1. The van der Waals surface area contributed by atoms with E-state index < -0.39 is 0 Å². The normalized spacial score (nSPS) is 14.7. The van der Waals surface area contributed by atoms with Crippen LogP contribution in [0.15, 0.2) is 30.5 Å². The fourth-order valence-corrected chi connectivity index (χ4v) is 4.14. The zero-order chi connectivity index (χ0) is 20.1. The Hall–Kier alpha value is -2.25. The number of likely N-dealkylation sites (tertiary alicyclic amines) is 1. The van der Waals surface area contributed by atoms with Gasteiger partial charge < -0.3 is 10.2 Å². The van der Waals surface area contributed by atoms with E-state index in [4.69, 9.17) is 11.6 Å². The van der Waals surface area contributed by atoms with Crippen LogP contribution in [0.1, 0.15) is 40.9 Å². The van der Waals surface area contributed by atoms with Crippen molar-refractivity contribution in [2.45, 2.75) is 32.6 Å². The fraction of sp³-hybridized carbons (Fsp3) is 0.400. The molecule has 2 aromatic heterocycles. The molecule has 0 aliphatic carbocycles. The average molecular weight is 420 g/mol. The number of carbonyl (C=O) groups excluding carboxylic acids is 3. The summed E-state index contributed by atoms with van der Waals surface area (Å²) < 4.78 is 0.566. The van der Waals surface area contributed by atoms with Crippen molar-refractivity contribution in [2.24, 2.45) is 5.92 Å². The van der Waals surface area contributed by atoms with Gasteiger partial charge in [0, 0.05) is 38.0 Å².